The van der Waals surface area contributed by atoms with E-state index >= 15 is 0 Å². The zero-order chi connectivity index (χ0) is 21.8. The second-order valence-electron chi connectivity index (χ2n) is 7.53. The fraction of sp³-hybridized carbons (Fsp3) is 0.208. The molecule has 1 aliphatic heterocycles. The van der Waals surface area contributed by atoms with Crippen molar-refractivity contribution in [3.63, 3.8) is 0 Å². The third-order valence-corrected chi connectivity index (χ3v) is 5.56. The lowest BCUT2D eigenvalue weighted by Gasteiger charge is -2.31. The molecule has 158 valence electrons. The molecule has 1 heterocycles. The Hall–Kier alpha value is -3.74. The molecule has 0 bridgehead atoms. The van der Waals surface area contributed by atoms with Gasteiger partial charge in [0.25, 0.3) is 5.91 Å². The molecule has 0 unspecified atom stereocenters. The number of carbonyl (C=O) groups excluding carboxylic acids is 2. The molecule has 1 fully saturated rings. The number of piperidine rings is 1. The Balaban J connectivity index is 1.34. The van der Waals surface area contributed by atoms with E-state index in [0.29, 0.717) is 37.1 Å². The number of halogens is 1. The molecule has 3 aromatic carbocycles. The number of nitrogens with one attached hydrogen (secondary N) is 1. The lowest BCUT2D eigenvalue weighted by atomic mass is 9.95. The number of benzene rings is 3. The maximum Gasteiger partial charge on any atom is 0.253 e. The van der Waals surface area contributed by atoms with Crippen LogP contribution in [0.25, 0.3) is 10.8 Å². The summed E-state index contributed by atoms with van der Waals surface area (Å²) in [6.07, 6.45) is 2.49. The van der Waals surface area contributed by atoms with Gasteiger partial charge in [-0.3, -0.25) is 9.59 Å². The first-order chi connectivity index (χ1) is 15.0. The number of likely N-dealkylation sites (tertiary alicyclic amines) is 1. The van der Waals surface area contributed by atoms with Crippen LogP contribution in [0.2, 0.25) is 0 Å². The number of aromatic hydroxyl groups is 1. The summed E-state index contributed by atoms with van der Waals surface area (Å²) >= 11 is 0. The summed E-state index contributed by atoms with van der Waals surface area (Å²) in [5.74, 6) is -0.933. The van der Waals surface area contributed by atoms with E-state index in [4.69, 9.17) is 0 Å². The van der Waals surface area contributed by atoms with E-state index in [1.807, 2.05) is 30.3 Å². The van der Waals surface area contributed by atoms with E-state index < -0.39 is 0 Å². The summed E-state index contributed by atoms with van der Waals surface area (Å²) in [4.78, 5) is 26.7. The normalized spacial score (nSPS) is 14.8. The standard InChI is InChI=1S/C24H22FN3O3/c25-19-8-5-18(6-9-19)24(31)28-13-11-17(12-14-28)23(30)27-26-15-21-20-4-2-1-3-16(20)7-10-22(21)29/h1-10,15,17,29H,11-14H2,(H,27,30)/b26-15-. The van der Waals surface area contributed by atoms with Crippen molar-refractivity contribution in [2.24, 2.45) is 11.0 Å². The Labute approximate surface area is 179 Å². The number of fused-ring (bicyclic) bond motifs is 1. The van der Waals surface area contributed by atoms with Gasteiger partial charge in [0.05, 0.1) is 6.21 Å². The minimum Gasteiger partial charge on any atom is -0.507 e. The maximum absolute atomic E-state index is 13.0. The molecule has 6 nitrogen and oxygen atoms in total. The van der Waals surface area contributed by atoms with Crippen molar-refractivity contribution in [1.29, 1.82) is 0 Å². The van der Waals surface area contributed by atoms with Crippen LogP contribution in [0.15, 0.2) is 65.8 Å². The number of amides is 2. The third-order valence-electron chi connectivity index (χ3n) is 5.56. The molecule has 0 saturated carbocycles. The van der Waals surface area contributed by atoms with Crippen molar-refractivity contribution in [2.75, 3.05) is 13.1 Å². The number of hydrogen-bond acceptors (Lipinski definition) is 4. The monoisotopic (exact) mass is 419 g/mol. The summed E-state index contributed by atoms with van der Waals surface area (Å²) in [6, 6.07) is 16.5. The van der Waals surface area contributed by atoms with Gasteiger partial charge in [-0.1, -0.05) is 30.3 Å². The fourth-order valence-corrected chi connectivity index (χ4v) is 3.79. The van der Waals surface area contributed by atoms with E-state index in [0.717, 1.165) is 10.8 Å². The van der Waals surface area contributed by atoms with Crippen LogP contribution in [0.4, 0.5) is 4.39 Å². The highest BCUT2D eigenvalue weighted by atomic mass is 19.1. The van der Waals surface area contributed by atoms with Gasteiger partial charge in [0.1, 0.15) is 11.6 Å². The Morgan fingerprint density at radius 1 is 1.03 bits per heavy atom. The number of carbonyl (C=O) groups is 2. The minimum absolute atomic E-state index is 0.0873. The number of nitrogens with zero attached hydrogens (tertiary/aromatic N) is 2. The molecule has 1 saturated heterocycles. The number of rotatable bonds is 4. The smallest absolute Gasteiger partial charge is 0.253 e. The Kier molecular flexibility index (Phi) is 5.93. The summed E-state index contributed by atoms with van der Waals surface area (Å²) in [5, 5.41) is 16.0. The molecule has 0 radical (unpaired) electrons. The lowest BCUT2D eigenvalue weighted by molar-refractivity contribution is -0.126. The zero-order valence-electron chi connectivity index (χ0n) is 16.8. The second-order valence-corrected chi connectivity index (χ2v) is 7.53. The SMILES string of the molecule is O=C(N/N=C\c1c(O)ccc2ccccc12)C1CCN(C(=O)c2ccc(F)cc2)CC1. The molecule has 31 heavy (non-hydrogen) atoms. The van der Waals surface area contributed by atoms with E-state index in [1.165, 1.54) is 30.5 Å². The van der Waals surface area contributed by atoms with Crippen molar-refractivity contribution in [1.82, 2.24) is 10.3 Å². The average Bonchev–Trinajstić information content (AvgIpc) is 2.80. The van der Waals surface area contributed by atoms with Gasteiger partial charge in [0.15, 0.2) is 0 Å². The van der Waals surface area contributed by atoms with Crippen molar-refractivity contribution >= 4 is 28.8 Å². The van der Waals surface area contributed by atoms with E-state index in [-0.39, 0.29) is 29.3 Å². The largest absolute Gasteiger partial charge is 0.507 e. The zero-order valence-corrected chi connectivity index (χ0v) is 16.8. The summed E-state index contributed by atoms with van der Waals surface area (Å²) in [5.41, 5.74) is 3.52. The molecule has 0 aromatic heterocycles. The number of hydrogen-bond donors (Lipinski definition) is 2. The van der Waals surface area contributed by atoms with Crippen LogP contribution in [0.1, 0.15) is 28.8 Å². The molecule has 0 aliphatic carbocycles. The highest BCUT2D eigenvalue weighted by molar-refractivity contribution is 6.02. The second kappa shape index (κ2) is 8.95. The maximum atomic E-state index is 13.0. The number of phenols is 1. The van der Waals surface area contributed by atoms with Crippen molar-refractivity contribution in [3.05, 3.63) is 77.6 Å². The Morgan fingerprint density at radius 2 is 1.74 bits per heavy atom. The molecule has 2 amide bonds. The van der Waals surface area contributed by atoms with Crippen LogP contribution in [-0.2, 0) is 4.79 Å². The lowest BCUT2D eigenvalue weighted by Crippen LogP contribution is -2.42. The number of hydrazone groups is 1. The van der Waals surface area contributed by atoms with Gasteiger partial charge in [-0.2, -0.15) is 5.10 Å². The molecule has 7 heteroatoms. The van der Waals surface area contributed by atoms with Gasteiger partial charge in [-0.25, -0.2) is 9.82 Å². The highest BCUT2D eigenvalue weighted by Crippen LogP contribution is 2.25. The summed E-state index contributed by atoms with van der Waals surface area (Å²) in [7, 11) is 0. The Morgan fingerprint density at radius 3 is 2.48 bits per heavy atom. The highest BCUT2D eigenvalue weighted by Gasteiger charge is 2.27. The first kappa shape index (κ1) is 20.5. The average molecular weight is 419 g/mol. The van der Waals surface area contributed by atoms with Gasteiger partial charge in [-0.15, -0.1) is 0 Å². The Bertz CT molecular complexity index is 1140. The topological polar surface area (TPSA) is 82.0 Å². The molecule has 4 rings (SSSR count). The third kappa shape index (κ3) is 4.55. The van der Waals surface area contributed by atoms with Crippen LogP contribution in [0, 0.1) is 11.7 Å². The molecular weight excluding hydrogens is 397 g/mol. The summed E-state index contributed by atoms with van der Waals surface area (Å²) < 4.78 is 13.0. The predicted molar refractivity (Wildman–Crippen MR) is 116 cm³/mol. The molecule has 2 N–H and O–H groups in total. The van der Waals surface area contributed by atoms with Gasteiger partial charge >= 0.3 is 0 Å². The molecular formula is C24H22FN3O3. The van der Waals surface area contributed by atoms with Crippen molar-refractivity contribution in [3.8, 4) is 5.75 Å². The quantitative estimate of drug-likeness (QED) is 0.500. The number of phenolic OH excluding ortho intramolecular Hbond substituents is 1. The molecule has 0 spiro atoms. The van der Waals surface area contributed by atoms with Gasteiger partial charge in [0, 0.05) is 30.1 Å². The van der Waals surface area contributed by atoms with E-state index in [1.54, 1.807) is 11.0 Å². The first-order valence-electron chi connectivity index (χ1n) is 10.1. The van der Waals surface area contributed by atoms with E-state index in [2.05, 4.69) is 10.5 Å². The van der Waals surface area contributed by atoms with E-state index in [9.17, 15) is 19.1 Å². The first-order valence-corrected chi connectivity index (χ1v) is 10.1. The molecule has 0 atom stereocenters. The molecule has 1 aliphatic rings. The predicted octanol–water partition coefficient (Wildman–Crippen LogP) is 3.69. The van der Waals surface area contributed by atoms with Crippen molar-refractivity contribution in [2.45, 2.75) is 12.8 Å². The molecule has 3 aromatic rings. The minimum atomic E-state index is -0.385. The van der Waals surface area contributed by atoms with Crippen LogP contribution < -0.4 is 5.43 Å². The van der Waals surface area contributed by atoms with Gasteiger partial charge < -0.3 is 10.0 Å². The van der Waals surface area contributed by atoms with Gasteiger partial charge in [0.2, 0.25) is 5.91 Å². The van der Waals surface area contributed by atoms with Gasteiger partial charge in [-0.05, 0) is 53.9 Å². The summed E-state index contributed by atoms with van der Waals surface area (Å²) in [6.45, 7) is 0.893. The fourth-order valence-electron chi connectivity index (χ4n) is 3.79. The van der Waals surface area contributed by atoms with Crippen LogP contribution in [0.3, 0.4) is 0 Å². The van der Waals surface area contributed by atoms with Crippen LogP contribution in [-0.4, -0.2) is 41.1 Å². The van der Waals surface area contributed by atoms with Crippen LogP contribution >= 0.6 is 0 Å². The van der Waals surface area contributed by atoms with Crippen LogP contribution in [0.5, 0.6) is 5.75 Å². The van der Waals surface area contributed by atoms with Crippen molar-refractivity contribution < 1.29 is 19.1 Å².